The minimum Gasteiger partial charge on any atom is -0.478 e. The maximum atomic E-state index is 12.1. The lowest BCUT2D eigenvalue weighted by Crippen LogP contribution is -2.04. The number of carboxylic acid groups (broad SMARTS) is 1. The predicted molar refractivity (Wildman–Crippen MR) is 59.8 cm³/mol. The second-order valence-corrected chi connectivity index (χ2v) is 3.70. The maximum absolute atomic E-state index is 12.1. The summed E-state index contributed by atoms with van der Waals surface area (Å²) >= 11 is 11.3. The first-order valence-electron chi connectivity index (χ1n) is 4.25. The molecule has 0 spiro atoms. The van der Waals surface area contributed by atoms with E-state index in [0.717, 1.165) is 12.2 Å². The van der Waals surface area contributed by atoms with Crippen molar-refractivity contribution in [3.8, 4) is 5.75 Å². The second-order valence-electron chi connectivity index (χ2n) is 2.86. The Hall–Kier alpha value is -1.33. The molecular weight excluding hydrogens is 277 g/mol. The van der Waals surface area contributed by atoms with Gasteiger partial charge in [0.05, 0.1) is 5.02 Å². The molecule has 0 aromatic heterocycles. The molecule has 0 aliphatic heterocycles. The van der Waals surface area contributed by atoms with Crippen molar-refractivity contribution in [2.45, 2.75) is 6.61 Å². The summed E-state index contributed by atoms with van der Waals surface area (Å²) in [6, 6.07) is 2.49. The van der Waals surface area contributed by atoms with Crippen LogP contribution in [0.2, 0.25) is 10.0 Å². The molecule has 1 aromatic rings. The quantitative estimate of drug-likeness (QED) is 0.857. The maximum Gasteiger partial charge on any atom is 0.387 e. The SMILES string of the molecule is O=C(O)/C=C/c1cc(Cl)cc(Cl)c1OC(F)F. The van der Waals surface area contributed by atoms with Crippen molar-refractivity contribution < 1.29 is 23.4 Å². The van der Waals surface area contributed by atoms with Crippen molar-refractivity contribution in [3.63, 3.8) is 0 Å². The molecular formula is C10H6Cl2F2O3. The first-order valence-corrected chi connectivity index (χ1v) is 5.00. The third-order valence-electron chi connectivity index (χ3n) is 1.65. The molecule has 0 saturated heterocycles. The summed E-state index contributed by atoms with van der Waals surface area (Å²) in [5.74, 6) is -1.55. The van der Waals surface area contributed by atoms with Crippen LogP contribution in [0.3, 0.4) is 0 Å². The van der Waals surface area contributed by atoms with E-state index in [0.29, 0.717) is 0 Å². The number of hydrogen-bond acceptors (Lipinski definition) is 2. The number of rotatable bonds is 4. The average molecular weight is 283 g/mol. The van der Waals surface area contributed by atoms with Crippen LogP contribution in [0.25, 0.3) is 6.08 Å². The van der Waals surface area contributed by atoms with Gasteiger partial charge in [0, 0.05) is 16.7 Å². The van der Waals surface area contributed by atoms with E-state index in [4.69, 9.17) is 28.3 Å². The fraction of sp³-hybridized carbons (Fsp3) is 0.100. The highest BCUT2D eigenvalue weighted by Gasteiger charge is 2.13. The zero-order chi connectivity index (χ0) is 13.0. The molecule has 1 aromatic carbocycles. The normalized spacial score (nSPS) is 11.1. The van der Waals surface area contributed by atoms with E-state index in [1.807, 2.05) is 0 Å². The van der Waals surface area contributed by atoms with Crippen LogP contribution in [0.15, 0.2) is 18.2 Å². The van der Waals surface area contributed by atoms with Gasteiger partial charge in [-0.2, -0.15) is 8.78 Å². The Morgan fingerprint density at radius 3 is 2.59 bits per heavy atom. The Labute approximate surface area is 105 Å². The van der Waals surface area contributed by atoms with Crippen LogP contribution in [-0.2, 0) is 4.79 Å². The van der Waals surface area contributed by atoms with Crippen molar-refractivity contribution in [2.75, 3.05) is 0 Å². The number of alkyl halides is 2. The largest absolute Gasteiger partial charge is 0.478 e. The molecule has 92 valence electrons. The highest BCUT2D eigenvalue weighted by atomic mass is 35.5. The summed E-state index contributed by atoms with van der Waals surface area (Å²) in [7, 11) is 0. The van der Waals surface area contributed by atoms with Gasteiger partial charge in [0.1, 0.15) is 0 Å². The number of benzene rings is 1. The number of ether oxygens (including phenoxy) is 1. The summed E-state index contributed by atoms with van der Waals surface area (Å²) in [6.45, 7) is -3.06. The lowest BCUT2D eigenvalue weighted by molar-refractivity contribution is -0.131. The Morgan fingerprint density at radius 2 is 2.06 bits per heavy atom. The van der Waals surface area contributed by atoms with Crippen LogP contribution in [0.4, 0.5) is 8.78 Å². The Bertz CT molecular complexity index is 461. The zero-order valence-electron chi connectivity index (χ0n) is 8.16. The van der Waals surface area contributed by atoms with E-state index in [1.165, 1.54) is 12.1 Å². The zero-order valence-corrected chi connectivity index (χ0v) is 9.67. The molecule has 0 unspecified atom stereocenters. The van der Waals surface area contributed by atoms with Crippen LogP contribution in [0, 0.1) is 0 Å². The Kier molecular flexibility index (Phi) is 4.72. The van der Waals surface area contributed by atoms with Crippen molar-refractivity contribution in [3.05, 3.63) is 33.8 Å². The number of carboxylic acids is 1. The van der Waals surface area contributed by atoms with Crippen LogP contribution in [-0.4, -0.2) is 17.7 Å². The molecule has 0 aliphatic carbocycles. The van der Waals surface area contributed by atoms with Gasteiger partial charge in [0.2, 0.25) is 0 Å². The Balaban J connectivity index is 3.20. The standard InChI is InChI=1S/C10H6Cl2F2O3/c11-6-3-5(1-2-8(15)16)9(7(12)4-6)17-10(13)14/h1-4,10H,(H,15,16)/b2-1+. The monoisotopic (exact) mass is 282 g/mol. The van der Waals surface area contributed by atoms with Gasteiger partial charge in [-0.1, -0.05) is 23.2 Å². The minimum absolute atomic E-state index is 0.0604. The van der Waals surface area contributed by atoms with Crippen LogP contribution < -0.4 is 4.74 Å². The van der Waals surface area contributed by atoms with Crippen molar-refractivity contribution in [1.82, 2.24) is 0 Å². The van der Waals surface area contributed by atoms with Crippen molar-refractivity contribution in [1.29, 1.82) is 0 Å². The predicted octanol–water partition coefficient (Wildman–Crippen LogP) is 3.69. The smallest absolute Gasteiger partial charge is 0.387 e. The van der Waals surface area contributed by atoms with Gasteiger partial charge in [0.15, 0.2) is 5.75 Å². The molecule has 1 rings (SSSR count). The molecule has 0 fully saturated rings. The van der Waals surface area contributed by atoms with E-state index < -0.39 is 12.6 Å². The summed E-state index contributed by atoms with van der Waals surface area (Å²) < 4.78 is 28.4. The van der Waals surface area contributed by atoms with Gasteiger partial charge < -0.3 is 9.84 Å². The molecule has 0 saturated carbocycles. The Morgan fingerprint density at radius 1 is 1.41 bits per heavy atom. The first kappa shape index (κ1) is 13.7. The highest BCUT2D eigenvalue weighted by molar-refractivity contribution is 6.35. The van der Waals surface area contributed by atoms with Gasteiger partial charge in [-0.3, -0.25) is 0 Å². The van der Waals surface area contributed by atoms with Crippen molar-refractivity contribution >= 4 is 35.2 Å². The lowest BCUT2D eigenvalue weighted by atomic mass is 10.2. The number of aliphatic carboxylic acids is 1. The number of hydrogen-bond donors (Lipinski definition) is 1. The van der Waals surface area contributed by atoms with Gasteiger partial charge in [0.25, 0.3) is 0 Å². The molecule has 0 radical (unpaired) electrons. The summed E-state index contributed by atoms with van der Waals surface area (Å²) in [6.07, 6.45) is 1.83. The molecule has 0 aliphatic rings. The fourth-order valence-corrected chi connectivity index (χ4v) is 1.63. The average Bonchev–Trinajstić information content (AvgIpc) is 2.18. The van der Waals surface area contributed by atoms with Gasteiger partial charge in [-0.15, -0.1) is 0 Å². The van der Waals surface area contributed by atoms with E-state index in [-0.39, 0.29) is 21.4 Å². The van der Waals surface area contributed by atoms with Crippen LogP contribution in [0.5, 0.6) is 5.75 Å². The third kappa shape index (κ3) is 4.20. The highest BCUT2D eigenvalue weighted by Crippen LogP contribution is 2.34. The summed E-state index contributed by atoms with van der Waals surface area (Å²) in [4.78, 5) is 10.3. The molecule has 17 heavy (non-hydrogen) atoms. The van der Waals surface area contributed by atoms with E-state index in [1.54, 1.807) is 0 Å². The van der Waals surface area contributed by atoms with Gasteiger partial charge in [-0.25, -0.2) is 4.79 Å². The topological polar surface area (TPSA) is 46.5 Å². The number of carbonyl (C=O) groups is 1. The molecule has 3 nitrogen and oxygen atoms in total. The molecule has 7 heteroatoms. The van der Waals surface area contributed by atoms with E-state index in [9.17, 15) is 13.6 Å². The first-order chi connectivity index (χ1) is 7.90. The van der Waals surface area contributed by atoms with Crippen molar-refractivity contribution in [2.24, 2.45) is 0 Å². The molecule has 0 heterocycles. The van der Waals surface area contributed by atoms with Gasteiger partial charge >= 0.3 is 12.6 Å². The lowest BCUT2D eigenvalue weighted by Gasteiger charge is -2.10. The fourth-order valence-electron chi connectivity index (χ4n) is 1.08. The summed E-state index contributed by atoms with van der Waals surface area (Å²) in [5, 5.41) is 8.50. The minimum atomic E-state index is -3.06. The third-order valence-corrected chi connectivity index (χ3v) is 2.15. The molecule has 0 atom stereocenters. The number of halogens is 4. The van der Waals surface area contributed by atoms with Crippen LogP contribution in [0.1, 0.15) is 5.56 Å². The summed E-state index contributed by atoms with van der Waals surface area (Å²) in [5.41, 5.74) is 0.0604. The van der Waals surface area contributed by atoms with E-state index in [2.05, 4.69) is 4.74 Å². The molecule has 0 bridgehead atoms. The molecule has 0 amide bonds. The molecule has 1 N–H and O–H groups in total. The van der Waals surface area contributed by atoms with E-state index >= 15 is 0 Å². The second kappa shape index (κ2) is 5.84. The van der Waals surface area contributed by atoms with Gasteiger partial charge in [-0.05, 0) is 18.2 Å². The van der Waals surface area contributed by atoms with Crippen LogP contribution >= 0.6 is 23.2 Å².